The summed E-state index contributed by atoms with van der Waals surface area (Å²) in [6, 6.07) is 52.6. The van der Waals surface area contributed by atoms with Gasteiger partial charge >= 0.3 is 0 Å². The van der Waals surface area contributed by atoms with Gasteiger partial charge in [0.1, 0.15) is 5.84 Å². The van der Waals surface area contributed by atoms with Crippen LogP contribution in [0.2, 0.25) is 0 Å². The fourth-order valence-electron chi connectivity index (χ4n) is 6.19. The number of fused-ring (bicyclic) bond motifs is 3. The quantitative estimate of drug-likeness (QED) is 0.0608. The van der Waals surface area contributed by atoms with E-state index in [2.05, 4.69) is 134 Å². The van der Waals surface area contributed by atoms with Gasteiger partial charge < -0.3 is 11.1 Å². The molecule has 6 aromatic rings. The normalized spacial score (nSPS) is 12.3. The molecule has 4 nitrogen and oxygen atoms in total. The highest BCUT2D eigenvalue weighted by atomic mass is 15.1. The lowest BCUT2D eigenvalue weighted by atomic mass is 9.81. The lowest BCUT2D eigenvalue weighted by molar-refractivity contribution is 0.660. The van der Waals surface area contributed by atoms with Gasteiger partial charge in [-0.3, -0.25) is 10.7 Å². The van der Waals surface area contributed by atoms with E-state index in [0.717, 1.165) is 23.4 Å². The Labute approximate surface area is 272 Å². The first-order chi connectivity index (χ1) is 22.4. The second-order valence-corrected chi connectivity index (χ2v) is 12.1. The summed E-state index contributed by atoms with van der Waals surface area (Å²) >= 11 is 0. The third-order valence-electron chi connectivity index (χ3n) is 8.70. The summed E-state index contributed by atoms with van der Waals surface area (Å²) in [5.74, 6) is 0.106. The summed E-state index contributed by atoms with van der Waals surface area (Å²) in [7, 11) is 0. The number of hydrogen-bond donors (Lipinski definition) is 4. The van der Waals surface area contributed by atoms with Crippen molar-refractivity contribution >= 4 is 11.5 Å². The van der Waals surface area contributed by atoms with Crippen LogP contribution in [-0.4, -0.2) is 12.5 Å². The Hall–Kier alpha value is -5.45. The van der Waals surface area contributed by atoms with Gasteiger partial charge in [0, 0.05) is 28.8 Å². The van der Waals surface area contributed by atoms with Gasteiger partial charge in [0.25, 0.3) is 0 Å². The molecule has 0 radical (unpaired) electrons. The van der Waals surface area contributed by atoms with E-state index >= 15 is 0 Å². The van der Waals surface area contributed by atoms with Crippen LogP contribution in [0.25, 0.3) is 33.4 Å². The molecule has 1 aliphatic rings. The summed E-state index contributed by atoms with van der Waals surface area (Å²) < 4.78 is 0. The molecule has 0 fully saturated rings. The molecule has 6 aromatic carbocycles. The molecule has 0 heterocycles. The molecule has 0 saturated carbocycles. The van der Waals surface area contributed by atoms with Gasteiger partial charge in [0.2, 0.25) is 0 Å². The summed E-state index contributed by atoms with van der Waals surface area (Å²) in [6.07, 6.45) is 0. The summed E-state index contributed by atoms with van der Waals surface area (Å²) in [6.45, 7) is 6.23. The van der Waals surface area contributed by atoms with Crippen LogP contribution in [0.4, 0.5) is 5.69 Å². The second kappa shape index (κ2) is 13.7. The molecule has 4 heteroatoms. The molecule has 5 N–H and O–H groups in total. The van der Waals surface area contributed by atoms with Crippen molar-refractivity contribution in [2.45, 2.75) is 25.8 Å². The van der Waals surface area contributed by atoms with Crippen LogP contribution >= 0.6 is 0 Å². The molecule has 0 saturated heterocycles. The smallest absolute Gasteiger partial charge is 0.122 e. The summed E-state index contributed by atoms with van der Waals surface area (Å²) in [5.41, 5.74) is 19.0. The Bertz CT molecular complexity index is 1930. The predicted molar refractivity (Wildman–Crippen MR) is 194 cm³/mol. The van der Waals surface area contributed by atoms with E-state index in [1.165, 1.54) is 44.5 Å². The molecule has 0 bridgehead atoms. The van der Waals surface area contributed by atoms with Gasteiger partial charge in [-0.1, -0.05) is 153 Å². The maximum absolute atomic E-state index is 7.29. The zero-order valence-corrected chi connectivity index (χ0v) is 26.4. The predicted octanol–water partition coefficient (Wildman–Crippen LogP) is 9.46. The zero-order chi connectivity index (χ0) is 31.9. The molecular formula is C42H40N4. The standard InChI is InChI=1S/C29H28N2.C13H12N2/c1-29(2)26-14-8-6-13-24(26)25-17-16-22(18-27(25)29)23-12-7-9-15-28(23)31-20-30-19-21-10-4-3-5-11-21;14-13(15)12-8-6-11(7-9-12)10-4-2-1-3-5-10/h3-18,30-31H,19-20H2,1-2H3;1-9H,(H3,14,15). The monoisotopic (exact) mass is 600 g/mol. The van der Waals surface area contributed by atoms with Crippen LogP contribution in [0.15, 0.2) is 152 Å². The molecule has 7 rings (SSSR count). The number of para-hydroxylation sites is 1. The molecule has 0 aromatic heterocycles. The minimum atomic E-state index is 0.0154. The van der Waals surface area contributed by atoms with E-state index < -0.39 is 0 Å². The van der Waals surface area contributed by atoms with E-state index in [1.807, 2.05) is 42.5 Å². The highest BCUT2D eigenvalue weighted by molar-refractivity contribution is 5.95. The van der Waals surface area contributed by atoms with E-state index in [1.54, 1.807) is 0 Å². The van der Waals surface area contributed by atoms with Gasteiger partial charge in [-0.05, 0) is 56.6 Å². The Morgan fingerprint density at radius 1 is 0.587 bits per heavy atom. The minimum absolute atomic E-state index is 0.0154. The van der Waals surface area contributed by atoms with Crippen LogP contribution in [0.3, 0.4) is 0 Å². The molecule has 0 aliphatic heterocycles. The average Bonchev–Trinajstić information content (AvgIpc) is 3.34. The molecule has 0 amide bonds. The Kier molecular flexibility index (Phi) is 9.09. The maximum Gasteiger partial charge on any atom is 0.122 e. The van der Waals surface area contributed by atoms with Gasteiger partial charge in [-0.2, -0.15) is 0 Å². The number of benzene rings is 6. The van der Waals surface area contributed by atoms with Gasteiger partial charge in [-0.15, -0.1) is 0 Å². The average molecular weight is 601 g/mol. The molecular weight excluding hydrogens is 560 g/mol. The SMILES string of the molecule is CC1(C)c2ccccc2-c2ccc(-c3ccccc3NCNCc3ccccc3)cc21.N=C(N)c1ccc(-c2ccccc2)cc1. The highest BCUT2D eigenvalue weighted by Gasteiger charge is 2.35. The van der Waals surface area contributed by atoms with Crippen LogP contribution in [0.1, 0.15) is 36.1 Å². The molecule has 0 atom stereocenters. The van der Waals surface area contributed by atoms with Crippen molar-refractivity contribution in [2.24, 2.45) is 5.73 Å². The van der Waals surface area contributed by atoms with Crippen molar-refractivity contribution in [2.75, 3.05) is 12.0 Å². The Morgan fingerprint density at radius 3 is 1.87 bits per heavy atom. The zero-order valence-electron chi connectivity index (χ0n) is 26.4. The highest BCUT2D eigenvalue weighted by Crippen LogP contribution is 2.49. The van der Waals surface area contributed by atoms with Crippen LogP contribution < -0.4 is 16.4 Å². The van der Waals surface area contributed by atoms with Crippen molar-refractivity contribution in [3.05, 3.63) is 174 Å². The number of anilines is 1. The molecule has 0 spiro atoms. The van der Waals surface area contributed by atoms with Gasteiger partial charge in [-0.25, -0.2) is 0 Å². The van der Waals surface area contributed by atoms with Crippen molar-refractivity contribution in [3.63, 3.8) is 0 Å². The fraction of sp³-hybridized carbons (Fsp3) is 0.119. The Morgan fingerprint density at radius 2 is 1.15 bits per heavy atom. The number of rotatable bonds is 8. The number of hydrogen-bond acceptors (Lipinski definition) is 3. The van der Waals surface area contributed by atoms with Crippen molar-refractivity contribution in [1.29, 1.82) is 5.41 Å². The van der Waals surface area contributed by atoms with Crippen LogP contribution in [-0.2, 0) is 12.0 Å². The summed E-state index contributed by atoms with van der Waals surface area (Å²) in [4.78, 5) is 0. The number of nitrogens with one attached hydrogen (secondary N) is 3. The third kappa shape index (κ3) is 6.63. The molecule has 0 unspecified atom stereocenters. The first-order valence-corrected chi connectivity index (χ1v) is 15.7. The van der Waals surface area contributed by atoms with Crippen molar-refractivity contribution in [3.8, 4) is 33.4 Å². The number of nitrogens with two attached hydrogens (primary N) is 1. The number of nitrogen functional groups attached to an aromatic ring is 1. The molecule has 1 aliphatic carbocycles. The topological polar surface area (TPSA) is 73.9 Å². The van der Waals surface area contributed by atoms with Crippen LogP contribution in [0, 0.1) is 5.41 Å². The van der Waals surface area contributed by atoms with E-state index in [4.69, 9.17) is 11.1 Å². The van der Waals surface area contributed by atoms with Crippen LogP contribution in [0.5, 0.6) is 0 Å². The fourth-order valence-corrected chi connectivity index (χ4v) is 6.19. The van der Waals surface area contributed by atoms with Crippen molar-refractivity contribution < 1.29 is 0 Å². The largest absolute Gasteiger partial charge is 0.384 e. The van der Waals surface area contributed by atoms with E-state index in [-0.39, 0.29) is 11.3 Å². The maximum atomic E-state index is 7.29. The van der Waals surface area contributed by atoms with Gasteiger partial charge in [0.15, 0.2) is 0 Å². The first-order valence-electron chi connectivity index (χ1n) is 15.7. The van der Waals surface area contributed by atoms with E-state index in [0.29, 0.717) is 6.67 Å². The summed E-state index contributed by atoms with van der Waals surface area (Å²) in [5, 5.41) is 14.3. The second-order valence-electron chi connectivity index (χ2n) is 12.1. The van der Waals surface area contributed by atoms with Gasteiger partial charge in [0.05, 0.1) is 6.67 Å². The lowest BCUT2D eigenvalue weighted by Crippen LogP contribution is -2.21. The molecule has 228 valence electrons. The lowest BCUT2D eigenvalue weighted by Gasteiger charge is -2.22. The number of amidine groups is 1. The third-order valence-corrected chi connectivity index (χ3v) is 8.70. The Balaban J connectivity index is 0.000000208. The van der Waals surface area contributed by atoms with E-state index in [9.17, 15) is 0 Å². The van der Waals surface area contributed by atoms with Crippen molar-refractivity contribution in [1.82, 2.24) is 5.32 Å². The molecule has 46 heavy (non-hydrogen) atoms. The minimum Gasteiger partial charge on any atom is -0.384 e. The first kappa shape index (κ1) is 30.6.